The fourth-order valence-electron chi connectivity index (χ4n) is 2.59. The Morgan fingerprint density at radius 2 is 1.06 bits per heavy atom. The third-order valence-electron chi connectivity index (χ3n) is 5.38. The Kier molecular flexibility index (Phi) is 5.01. The van der Waals surface area contributed by atoms with Crippen LogP contribution in [0.5, 0.6) is 0 Å². The standard InChI is InChI=1S/C18H30/c1-7-17(5,8-2)15-12-11-13-16(14-15)18(6,9-3)10-4/h11-14H,7-10H2,1-6H3. The molecule has 102 valence electrons. The summed E-state index contributed by atoms with van der Waals surface area (Å²) >= 11 is 0. The lowest BCUT2D eigenvalue weighted by Crippen LogP contribution is -2.23. The highest BCUT2D eigenvalue weighted by atomic mass is 14.3. The number of rotatable bonds is 6. The maximum absolute atomic E-state index is 2.46. The molecule has 0 saturated carbocycles. The van der Waals surface area contributed by atoms with Crippen molar-refractivity contribution in [3.05, 3.63) is 35.4 Å². The van der Waals surface area contributed by atoms with Crippen LogP contribution in [0, 0.1) is 0 Å². The molecular weight excluding hydrogens is 216 g/mol. The van der Waals surface area contributed by atoms with Crippen LogP contribution < -0.4 is 0 Å². The first-order valence-corrected chi connectivity index (χ1v) is 7.56. The Hall–Kier alpha value is -0.780. The maximum atomic E-state index is 2.46. The third kappa shape index (κ3) is 2.79. The number of hydrogen-bond donors (Lipinski definition) is 0. The largest absolute Gasteiger partial charge is 0.0645 e. The molecule has 0 aliphatic heterocycles. The molecule has 0 spiro atoms. The van der Waals surface area contributed by atoms with E-state index in [-0.39, 0.29) is 0 Å². The van der Waals surface area contributed by atoms with Crippen molar-refractivity contribution in [3.8, 4) is 0 Å². The highest BCUT2D eigenvalue weighted by Crippen LogP contribution is 2.36. The van der Waals surface area contributed by atoms with Gasteiger partial charge in [-0.15, -0.1) is 0 Å². The van der Waals surface area contributed by atoms with Gasteiger partial charge in [0.05, 0.1) is 0 Å². The Morgan fingerprint density at radius 3 is 1.33 bits per heavy atom. The molecule has 1 aromatic carbocycles. The van der Waals surface area contributed by atoms with E-state index in [1.165, 1.54) is 36.8 Å². The van der Waals surface area contributed by atoms with Gasteiger partial charge in [-0.05, 0) is 47.6 Å². The summed E-state index contributed by atoms with van der Waals surface area (Å²) in [7, 11) is 0. The molecule has 1 rings (SSSR count). The van der Waals surface area contributed by atoms with E-state index in [9.17, 15) is 0 Å². The average Bonchev–Trinajstić information content (AvgIpc) is 2.45. The van der Waals surface area contributed by atoms with E-state index in [1.807, 2.05) is 0 Å². The van der Waals surface area contributed by atoms with Crippen LogP contribution in [0.1, 0.15) is 78.4 Å². The zero-order chi connectivity index (χ0) is 13.8. The Balaban J connectivity index is 3.21. The van der Waals surface area contributed by atoms with Gasteiger partial charge in [0.15, 0.2) is 0 Å². The Labute approximate surface area is 114 Å². The monoisotopic (exact) mass is 246 g/mol. The van der Waals surface area contributed by atoms with Gasteiger partial charge in [0.25, 0.3) is 0 Å². The van der Waals surface area contributed by atoms with Crippen LogP contribution in [0.15, 0.2) is 24.3 Å². The van der Waals surface area contributed by atoms with Gasteiger partial charge in [0.1, 0.15) is 0 Å². The highest BCUT2D eigenvalue weighted by Gasteiger charge is 2.26. The van der Waals surface area contributed by atoms with Crippen molar-refractivity contribution in [1.82, 2.24) is 0 Å². The van der Waals surface area contributed by atoms with E-state index in [1.54, 1.807) is 0 Å². The summed E-state index contributed by atoms with van der Waals surface area (Å²) in [6.07, 6.45) is 4.84. The summed E-state index contributed by atoms with van der Waals surface area (Å²) in [6, 6.07) is 9.32. The molecular formula is C18H30. The van der Waals surface area contributed by atoms with Crippen molar-refractivity contribution in [1.29, 1.82) is 0 Å². The summed E-state index contributed by atoms with van der Waals surface area (Å²) in [5.41, 5.74) is 3.69. The van der Waals surface area contributed by atoms with Crippen LogP contribution in [-0.4, -0.2) is 0 Å². The number of hydrogen-bond acceptors (Lipinski definition) is 0. The molecule has 0 aliphatic carbocycles. The van der Waals surface area contributed by atoms with Crippen molar-refractivity contribution < 1.29 is 0 Å². The molecule has 18 heavy (non-hydrogen) atoms. The molecule has 0 radical (unpaired) electrons. The summed E-state index contributed by atoms with van der Waals surface area (Å²) < 4.78 is 0. The minimum Gasteiger partial charge on any atom is -0.0645 e. The van der Waals surface area contributed by atoms with Gasteiger partial charge < -0.3 is 0 Å². The van der Waals surface area contributed by atoms with Crippen LogP contribution in [0.2, 0.25) is 0 Å². The van der Waals surface area contributed by atoms with Gasteiger partial charge >= 0.3 is 0 Å². The van der Waals surface area contributed by atoms with Crippen LogP contribution in [0.3, 0.4) is 0 Å². The lowest BCUT2D eigenvalue weighted by Gasteiger charge is -2.32. The van der Waals surface area contributed by atoms with Gasteiger partial charge in [-0.25, -0.2) is 0 Å². The van der Waals surface area contributed by atoms with E-state index in [2.05, 4.69) is 65.8 Å². The predicted octanol–water partition coefficient (Wildman–Crippen LogP) is 5.84. The Bertz CT molecular complexity index is 334. The highest BCUT2D eigenvalue weighted by molar-refractivity contribution is 5.33. The molecule has 0 heteroatoms. The normalized spacial score (nSPS) is 12.8. The van der Waals surface area contributed by atoms with E-state index in [0.29, 0.717) is 10.8 Å². The topological polar surface area (TPSA) is 0 Å². The zero-order valence-corrected chi connectivity index (χ0v) is 13.1. The van der Waals surface area contributed by atoms with Gasteiger partial charge in [0, 0.05) is 0 Å². The van der Waals surface area contributed by atoms with Gasteiger partial charge in [-0.1, -0.05) is 65.8 Å². The summed E-state index contributed by atoms with van der Waals surface area (Å²) in [5, 5.41) is 0. The van der Waals surface area contributed by atoms with Crippen LogP contribution in [0.4, 0.5) is 0 Å². The molecule has 0 heterocycles. The van der Waals surface area contributed by atoms with Crippen LogP contribution in [-0.2, 0) is 10.8 Å². The first-order chi connectivity index (χ1) is 8.45. The molecule has 0 atom stereocenters. The van der Waals surface area contributed by atoms with Crippen molar-refractivity contribution >= 4 is 0 Å². The van der Waals surface area contributed by atoms with E-state index < -0.39 is 0 Å². The maximum Gasteiger partial charge on any atom is -0.00804 e. The van der Waals surface area contributed by atoms with Crippen LogP contribution >= 0.6 is 0 Å². The molecule has 0 amide bonds. The van der Waals surface area contributed by atoms with E-state index in [0.717, 1.165) is 0 Å². The molecule has 0 aliphatic rings. The summed E-state index contributed by atoms with van der Waals surface area (Å²) in [4.78, 5) is 0. The second-order valence-corrected chi connectivity index (χ2v) is 6.12. The van der Waals surface area contributed by atoms with Crippen molar-refractivity contribution in [2.24, 2.45) is 0 Å². The van der Waals surface area contributed by atoms with E-state index >= 15 is 0 Å². The summed E-state index contributed by atoms with van der Waals surface area (Å²) in [6.45, 7) is 14.0. The second-order valence-electron chi connectivity index (χ2n) is 6.12. The molecule has 0 fully saturated rings. The Morgan fingerprint density at radius 1 is 0.722 bits per heavy atom. The minimum absolute atomic E-state index is 0.332. The SMILES string of the molecule is CCC(C)(CC)c1cccc(C(C)(CC)CC)c1. The fraction of sp³-hybridized carbons (Fsp3) is 0.667. The molecule has 0 nitrogen and oxygen atoms in total. The summed E-state index contributed by atoms with van der Waals surface area (Å²) in [5.74, 6) is 0. The minimum atomic E-state index is 0.332. The van der Waals surface area contributed by atoms with Crippen LogP contribution in [0.25, 0.3) is 0 Å². The van der Waals surface area contributed by atoms with Gasteiger partial charge in [-0.3, -0.25) is 0 Å². The molecule has 0 N–H and O–H groups in total. The van der Waals surface area contributed by atoms with Gasteiger partial charge in [-0.2, -0.15) is 0 Å². The van der Waals surface area contributed by atoms with Crippen molar-refractivity contribution in [3.63, 3.8) is 0 Å². The second kappa shape index (κ2) is 5.91. The van der Waals surface area contributed by atoms with Crippen molar-refractivity contribution in [2.75, 3.05) is 0 Å². The fourth-order valence-corrected chi connectivity index (χ4v) is 2.59. The number of benzene rings is 1. The molecule has 0 saturated heterocycles. The predicted molar refractivity (Wildman–Crippen MR) is 82.3 cm³/mol. The van der Waals surface area contributed by atoms with Gasteiger partial charge in [0.2, 0.25) is 0 Å². The average molecular weight is 246 g/mol. The molecule has 1 aromatic rings. The van der Waals surface area contributed by atoms with E-state index in [4.69, 9.17) is 0 Å². The molecule has 0 bridgehead atoms. The quantitative estimate of drug-likeness (QED) is 0.591. The molecule has 0 aromatic heterocycles. The first kappa shape index (κ1) is 15.3. The first-order valence-electron chi connectivity index (χ1n) is 7.56. The smallest absolute Gasteiger partial charge is 0.00804 e. The zero-order valence-electron chi connectivity index (χ0n) is 13.1. The molecule has 0 unspecified atom stereocenters. The lowest BCUT2D eigenvalue weighted by atomic mass is 9.73. The van der Waals surface area contributed by atoms with Crippen molar-refractivity contribution in [2.45, 2.75) is 78.1 Å². The lowest BCUT2D eigenvalue weighted by molar-refractivity contribution is 0.424. The third-order valence-corrected chi connectivity index (χ3v) is 5.38.